The molecule has 37 heavy (non-hydrogen) atoms. The number of rotatable bonds is 9. The van der Waals surface area contributed by atoms with Gasteiger partial charge in [0.05, 0.1) is 33.6 Å². The van der Waals surface area contributed by atoms with E-state index in [1.54, 1.807) is 24.4 Å². The number of nitro groups is 1. The first-order valence-corrected chi connectivity index (χ1v) is 12.8. The Bertz CT molecular complexity index is 1550. The SMILES string of the molecule is CCCCc1nc2ccc(Br)cc2c(=O)n1N=Cc1cc(Br)c(Oc2ccc([N+](=O)[O-])cn2)c(OC)c1. The smallest absolute Gasteiger partial charge is 0.287 e. The molecule has 2 aromatic heterocycles. The fraction of sp³-hybridized carbons (Fsp3) is 0.200. The second kappa shape index (κ2) is 11.6. The lowest BCUT2D eigenvalue weighted by atomic mass is 10.2. The number of aryl methyl sites for hydroxylation is 1. The molecule has 4 aromatic rings. The molecule has 2 heterocycles. The van der Waals surface area contributed by atoms with E-state index in [1.165, 1.54) is 23.9 Å². The first-order valence-electron chi connectivity index (χ1n) is 11.2. The highest BCUT2D eigenvalue weighted by Gasteiger charge is 2.15. The molecule has 0 unspecified atom stereocenters. The standard InChI is InChI=1S/C25H21Br2N5O5/c1-3-4-5-22-30-20-8-6-16(26)12-18(20)25(33)31(22)29-13-15-10-19(27)24(21(11-15)36-2)37-23-9-7-17(14-28-23)32(34)35/h6-14H,3-5H2,1-2H3. The Kier molecular flexibility index (Phi) is 8.29. The predicted octanol–water partition coefficient (Wildman–Crippen LogP) is 6.25. The molecule has 12 heteroatoms. The fourth-order valence-electron chi connectivity index (χ4n) is 3.49. The molecule has 0 bridgehead atoms. The molecule has 0 aliphatic carbocycles. The molecule has 0 fully saturated rings. The number of fused-ring (bicyclic) bond motifs is 1. The van der Waals surface area contributed by atoms with Crippen molar-refractivity contribution < 1.29 is 14.4 Å². The molecular weight excluding hydrogens is 610 g/mol. The summed E-state index contributed by atoms with van der Waals surface area (Å²) in [6.45, 7) is 2.07. The average Bonchev–Trinajstić information content (AvgIpc) is 2.89. The predicted molar refractivity (Wildman–Crippen MR) is 147 cm³/mol. The van der Waals surface area contributed by atoms with Gasteiger partial charge in [-0.25, -0.2) is 9.97 Å². The van der Waals surface area contributed by atoms with Crippen molar-refractivity contribution in [2.45, 2.75) is 26.2 Å². The van der Waals surface area contributed by atoms with E-state index in [9.17, 15) is 14.9 Å². The van der Waals surface area contributed by atoms with Crippen molar-refractivity contribution in [2.75, 3.05) is 7.11 Å². The lowest BCUT2D eigenvalue weighted by molar-refractivity contribution is -0.385. The summed E-state index contributed by atoms with van der Waals surface area (Å²) in [5.74, 6) is 1.44. The van der Waals surface area contributed by atoms with Crippen LogP contribution in [0.5, 0.6) is 17.4 Å². The third-order valence-electron chi connectivity index (χ3n) is 5.34. The Morgan fingerprint density at radius 2 is 2.00 bits per heavy atom. The van der Waals surface area contributed by atoms with Gasteiger partial charge in [0.25, 0.3) is 11.2 Å². The van der Waals surface area contributed by atoms with E-state index in [2.05, 4.69) is 53.9 Å². The Hall–Kier alpha value is -3.64. The monoisotopic (exact) mass is 629 g/mol. The summed E-state index contributed by atoms with van der Waals surface area (Å²) in [4.78, 5) is 32.3. The van der Waals surface area contributed by atoms with Crippen LogP contribution in [0.15, 0.2) is 67.5 Å². The van der Waals surface area contributed by atoms with Gasteiger partial charge < -0.3 is 9.47 Å². The number of aromatic nitrogens is 3. The fourth-order valence-corrected chi connectivity index (χ4v) is 4.40. The number of ether oxygens (including phenoxy) is 2. The summed E-state index contributed by atoms with van der Waals surface area (Å²) in [5.41, 5.74) is 0.852. The number of hydrogen-bond acceptors (Lipinski definition) is 8. The van der Waals surface area contributed by atoms with Gasteiger partial charge in [0.15, 0.2) is 11.5 Å². The Balaban J connectivity index is 1.70. The molecule has 0 saturated heterocycles. The van der Waals surface area contributed by atoms with E-state index in [0.29, 0.717) is 44.7 Å². The number of pyridine rings is 1. The van der Waals surface area contributed by atoms with Crippen molar-refractivity contribution in [2.24, 2.45) is 5.10 Å². The number of hydrogen-bond donors (Lipinski definition) is 0. The minimum atomic E-state index is -0.537. The summed E-state index contributed by atoms with van der Waals surface area (Å²) in [7, 11) is 1.48. The van der Waals surface area contributed by atoms with Crippen molar-refractivity contribution in [3.63, 3.8) is 0 Å². The van der Waals surface area contributed by atoms with Gasteiger partial charge in [-0.3, -0.25) is 14.9 Å². The van der Waals surface area contributed by atoms with Gasteiger partial charge in [-0.15, -0.1) is 0 Å². The second-order valence-electron chi connectivity index (χ2n) is 7.90. The van der Waals surface area contributed by atoms with Crippen LogP contribution < -0.4 is 15.0 Å². The number of halogens is 2. The van der Waals surface area contributed by atoms with Crippen molar-refractivity contribution in [3.8, 4) is 17.4 Å². The van der Waals surface area contributed by atoms with Gasteiger partial charge in [-0.1, -0.05) is 29.3 Å². The first-order chi connectivity index (χ1) is 17.8. The van der Waals surface area contributed by atoms with Crippen LogP contribution in [0.2, 0.25) is 0 Å². The molecule has 0 amide bonds. The quantitative estimate of drug-likeness (QED) is 0.122. The highest BCUT2D eigenvalue weighted by Crippen LogP contribution is 2.39. The lowest BCUT2D eigenvalue weighted by Gasteiger charge is -2.13. The summed E-state index contributed by atoms with van der Waals surface area (Å²) >= 11 is 6.89. The minimum absolute atomic E-state index is 0.144. The molecule has 0 aliphatic rings. The summed E-state index contributed by atoms with van der Waals surface area (Å²) in [5, 5.41) is 15.8. The van der Waals surface area contributed by atoms with E-state index in [-0.39, 0.29) is 17.1 Å². The normalized spacial score (nSPS) is 11.2. The maximum absolute atomic E-state index is 13.3. The van der Waals surface area contributed by atoms with Crippen LogP contribution in [0.1, 0.15) is 31.2 Å². The van der Waals surface area contributed by atoms with E-state index in [1.807, 2.05) is 12.1 Å². The van der Waals surface area contributed by atoms with Gasteiger partial charge >= 0.3 is 0 Å². The van der Waals surface area contributed by atoms with Gasteiger partial charge in [0.1, 0.15) is 12.0 Å². The van der Waals surface area contributed by atoms with Crippen LogP contribution >= 0.6 is 31.9 Å². The van der Waals surface area contributed by atoms with Crippen LogP contribution in [-0.4, -0.2) is 32.9 Å². The van der Waals surface area contributed by atoms with Crippen LogP contribution in [0.3, 0.4) is 0 Å². The second-order valence-corrected chi connectivity index (χ2v) is 9.67. The molecule has 0 N–H and O–H groups in total. The zero-order chi connectivity index (χ0) is 26.5. The Morgan fingerprint density at radius 3 is 2.68 bits per heavy atom. The van der Waals surface area contributed by atoms with E-state index >= 15 is 0 Å². The van der Waals surface area contributed by atoms with Gasteiger partial charge in [-0.05, 0) is 58.2 Å². The molecular formula is C25H21Br2N5O5. The molecule has 0 atom stereocenters. The third-order valence-corrected chi connectivity index (χ3v) is 6.42. The van der Waals surface area contributed by atoms with Crippen molar-refractivity contribution >= 4 is 54.7 Å². The molecule has 0 radical (unpaired) electrons. The van der Waals surface area contributed by atoms with Gasteiger partial charge in [-0.2, -0.15) is 9.78 Å². The lowest BCUT2D eigenvalue weighted by Crippen LogP contribution is -2.22. The topological polar surface area (TPSA) is 122 Å². The Morgan fingerprint density at radius 1 is 1.19 bits per heavy atom. The zero-order valence-electron chi connectivity index (χ0n) is 19.9. The van der Waals surface area contributed by atoms with E-state index in [0.717, 1.165) is 23.5 Å². The van der Waals surface area contributed by atoms with Gasteiger partial charge in [0.2, 0.25) is 5.88 Å². The van der Waals surface area contributed by atoms with Gasteiger partial charge in [0, 0.05) is 23.0 Å². The summed E-state index contributed by atoms with van der Waals surface area (Å²) < 4.78 is 13.9. The number of methoxy groups -OCH3 is 1. The third kappa shape index (κ3) is 6.03. The molecule has 4 rings (SSSR count). The molecule has 190 valence electrons. The summed E-state index contributed by atoms with van der Waals surface area (Å²) in [6.07, 6.45) is 5.08. The van der Waals surface area contributed by atoms with Crippen molar-refractivity contribution in [1.82, 2.24) is 14.6 Å². The van der Waals surface area contributed by atoms with Crippen LogP contribution in [0, 0.1) is 10.1 Å². The highest BCUT2D eigenvalue weighted by atomic mass is 79.9. The number of unbranched alkanes of at least 4 members (excludes halogenated alkanes) is 1. The maximum atomic E-state index is 13.3. The van der Waals surface area contributed by atoms with Crippen LogP contribution in [0.4, 0.5) is 5.69 Å². The van der Waals surface area contributed by atoms with Crippen molar-refractivity contribution in [3.05, 3.63) is 89.5 Å². The minimum Gasteiger partial charge on any atom is -0.493 e. The first kappa shape index (κ1) is 26.4. The van der Waals surface area contributed by atoms with Crippen molar-refractivity contribution in [1.29, 1.82) is 0 Å². The van der Waals surface area contributed by atoms with Crippen LogP contribution in [0.25, 0.3) is 10.9 Å². The van der Waals surface area contributed by atoms with Crippen LogP contribution in [-0.2, 0) is 6.42 Å². The summed E-state index contributed by atoms with van der Waals surface area (Å²) in [6, 6.07) is 11.5. The largest absolute Gasteiger partial charge is 0.493 e. The maximum Gasteiger partial charge on any atom is 0.287 e. The zero-order valence-corrected chi connectivity index (χ0v) is 23.0. The van der Waals surface area contributed by atoms with E-state index in [4.69, 9.17) is 9.47 Å². The van der Waals surface area contributed by atoms with E-state index < -0.39 is 4.92 Å². The molecule has 2 aromatic carbocycles. The highest BCUT2D eigenvalue weighted by molar-refractivity contribution is 9.10. The number of benzene rings is 2. The molecule has 0 aliphatic heterocycles. The molecule has 0 spiro atoms. The number of nitrogens with zero attached hydrogens (tertiary/aromatic N) is 5. The Labute approximate surface area is 228 Å². The average molecular weight is 631 g/mol. The molecule has 10 nitrogen and oxygen atoms in total. The molecule has 0 saturated carbocycles.